The molecule has 0 aliphatic carbocycles. The van der Waals surface area contributed by atoms with Gasteiger partial charge < -0.3 is 23.9 Å². The van der Waals surface area contributed by atoms with Crippen LogP contribution in [0.2, 0.25) is 0 Å². The predicted molar refractivity (Wildman–Crippen MR) is 97.1 cm³/mol. The number of methoxy groups -OCH3 is 2. The van der Waals surface area contributed by atoms with E-state index in [0.29, 0.717) is 28.3 Å². The lowest BCUT2D eigenvalue weighted by Crippen LogP contribution is -2.30. The number of ether oxygens (including phenoxy) is 3. The Hall–Kier alpha value is -3.55. The van der Waals surface area contributed by atoms with Crippen molar-refractivity contribution in [2.45, 2.75) is 13.0 Å². The van der Waals surface area contributed by atoms with Crippen molar-refractivity contribution in [1.82, 2.24) is 4.98 Å². The quantitative estimate of drug-likeness (QED) is 0.666. The van der Waals surface area contributed by atoms with E-state index in [9.17, 15) is 9.59 Å². The van der Waals surface area contributed by atoms with Crippen molar-refractivity contribution < 1.29 is 28.2 Å². The molecule has 0 bridgehead atoms. The van der Waals surface area contributed by atoms with Crippen LogP contribution < -0.4 is 14.8 Å². The first kappa shape index (κ1) is 18.2. The second-order valence-corrected chi connectivity index (χ2v) is 5.67. The van der Waals surface area contributed by atoms with Crippen molar-refractivity contribution in [3.8, 4) is 11.5 Å². The zero-order valence-electron chi connectivity index (χ0n) is 15.0. The molecule has 1 atom stereocenters. The fourth-order valence-electron chi connectivity index (χ4n) is 2.39. The van der Waals surface area contributed by atoms with Crippen molar-refractivity contribution in [1.29, 1.82) is 0 Å². The minimum Gasteiger partial charge on any atom is -0.497 e. The molecular formula is C19H18N2O6. The van der Waals surface area contributed by atoms with Crippen LogP contribution in [0.25, 0.3) is 11.1 Å². The Kier molecular flexibility index (Phi) is 5.25. The molecule has 140 valence electrons. The summed E-state index contributed by atoms with van der Waals surface area (Å²) in [6.45, 7) is 1.49. The third-order valence-corrected chi connectivity index (χ3v) is 3.84. The minimum absolute atomic E-state index is 0.277. The standard InChI is InChI=1S/C19H18N2O6/c1-11(18(22)21-13-7-14(24-2)9-15(8-13)25-3)27-19(23)12-4-5-17-16(6-12)20-10-26-17/h4-11H,1-3H3,(H,21,22). The number of carbonyl (C=O) groups is 2. The Morgan fingerprint density at radius 2 is 1.78 bits per heavy atom. The number of fused-ring (bicyclic) bond motifs is 1. The molecule has 1 heterocycles. The second kappa shape index (κ2) is 7.77. The van der Waals surface area contributed by atoms with Crippen molar-refractivity contribution in [3.63, 3.8) is 0 Å². The average Bonchev–Trinajstić information content (AvgIpc) is 3.15. The van der Waals surface area contributed by atoms with Gasteiger partial charge in [-0.15, -0.1) is 0 Å². The largest absolute Gasteiger partial charge is 0.497 e. The van der Waals surface area contributed by atoms with E-state index in [1.807, 2.05) is 0 Å². The molecule has 8 nitrogen and oxygen atoms in total. The fraction of sp³-hybridized carbons (Fsp3) is 0.211. The first-order valence-corrected chi connectivity index (χ1v) is 8.08. The topological polar surface area (TPSA) is 99.9 Å². The summed E-state index contributed by atoms with van der Waals surface area (Å²) in [6, 6.07) is 9.65. The SMILES string of the molecule is COc1cc(NC(=O)C(C)OC(=O)c2ccc3ocnc3c2)cc(OC)c1. The maximum atomic E-state index is 12.4. The van der Waals surface area contributed by atoms with Crippen molar-refractivity contribution in [2.75, 3.05) is 19.5 Å². The summed E-state index contributed by atoms with van der Waals surface area (Å²) >= 11 is 0. The molecule has 0 fully saturated rings. The van der Waals surface area contributed by atoms with Gasteiger partial charge >= 0.3 is 5.97 Å². The van der Waals surface area contributed by atoms with E-state index < -0.39 is 18.0 Å². The van der Waals surface area contributed by atoms with E-state index in [1.165, 1.54) is 27.5 Å². The summed E-state index contributed by atoms with van der Waals surface area (Å²) in [6.07, 6.45) is 0.279. The Bertz CT molecular complexity index is 959. The van der Waals surface area contributed by atoms with Crippen LogP contribution in [0.5, 0.6) is 11.5 Å². The van der Waals surface area contributed by atoms with Crippen LogP contribution in [0.3, 0.4) is 0 Å². The van der Waals surface area contributed by atoms with Crippen LogP contribution >= 0.6 is 0 Å². The van der Waals surface area contributed by atoms with E-state index in [-0.39, 0.29) is 5.56 Å². The molecule has 1 unspecified atom stereocenters. The molecule has 0 saturated heterocycles. The highest BCUT2D eigenvalue weighted by atomic mass is 16.5. The Morgan fingerprint density at radius 3 is 2.44 bits per heavy atom. The Balaban J connectivity index is 1.67. The highest BCUT2D eigenvalue weighted by Crippen LogP contribution is 2.26. The summed E-state index contributed by atoms with van der Waals surface area (Å²) in [5, 5.41) is 2.67. The third-order valence-electron chi connectivity index (χ3n) is 3.84. The minimum atomic E-state index is -1.01. The molecule has 1 amide bonds. The van der Waals surface area contributed by atoms with Gasteiger partial charge in [0.25, 0.3) is 5.91 Å². The number of aromatic nitrogens is 1. The smallest absolute Gasteiger partial charge is 0.338 e. The maximum Gasteiger partial charge on any atom is 0.338 e. The average molecular weight is 370 g/mol. The molecule has 1 aromatic heterocycles. The summed E-state index contributed by atoms with van der Waals surface area (Å²) in [5.41, 5.74) is 1.83. The highest BCUT2D eigenvalue weighted by molar-refractivity contribution is 5.98. The number of esters is 1. The number of nitrogens with zero attached hydrogens (tertiary/aromatic N) is 1. The van der Waals surface area contributed by atoms with Crippen LogP contribution in [-0.4, -0.2) is 37.2 Å². The predicted octanol–water partition coefficient (Wildman–Crippen LogP) is 3.03. The van der Waals surface area contributed by atoms with Crippen LogP contribution in [-0.2, 0) is 9.53 Å². The molecule has 2 aromatic carbocycles. The number of oxazole rings is 1. The van der Waals surface area contributed by atoms with Crippen LogP contribution in [0.15, 0.2) is 47.2 Å². The lowest BCUT2D eigenvalue weighted by Gasteiger charge is -2.14. The number of carbonyl (C=O) groups excluding carboxylic acids is 2. The van der Waals surface area contributed by atoms with Gasteiger partial charge in [0.1, 0.15) is 17.0 Å². The molecule has 3 rings (SSSR count). The highest BCUT2D eigenvalue weighted by Gasteiger charge is 2.20. The lowest BCUT2D eigenvalue weighted by atomic mass is 10.2. The van der Waals surface area contributed by atoms with Crippen LogP contribution in [0.4, 0.5) is 5.69 Å². The molecule has 27 heavy (non-hydrogen) atoms. The number of nitrogens with one attached hydrogen (secondary N) is 1. The van der Waals surface area contributed by atoms with Crippen molar-refractivity contribution in [3.05, 3.63) is 48.4 Å². The lowest BCUT2D eigenvalue weighted by molar-refractivity contribution is -0.123. The summed E-state index contributed by atoms with van der Waals surface area (Å²) in [4.78, 5) is 28.6. The first-order chi connectivity index (χ1) is 13.0. The van der Waals surface area contributed by atoms with Gasteiger partial charge in [0.15, 0.2) is 18.1 Å². The van der Waals surface area contributed by atoms with E-state index >= 15 is 0 Å². The van der Waals surface area contributed by atoms with Crippen LogP contribution in [0, 0.1) is 0 Å². The number of anilines is 1. The van der Waals surface area contributed by atoms with Gasteiger partial charge in [-0.25, -0.2) is 9.78 Å². The molecule has 0 aliphatic heterocycles. The van der Waals surface area contributed by atoms with Crippen molar-refractivity contribution in [2.24, 2.45) is 0 Å². The number of amides is 1. The third kappa shape index (κ3) is 4.17. The maximum absolute atomic E-state index is 12.4. The molecule has 3 aromatic rings. The molecule has 0 radical (unpaired) electrons. The van der Waals surface area contributed by atoms with Gasteiger partial charge in [-0.1, -0.05) is 0 Å². The van der Waals surface area contributed by atoms with Crippen molar-refractivity contribution >= 4 is 28.7 Å². The van der Waals surface area contributed by atoms with E-state index in [1.54, 1.807) is 36.4 Å². The zero-order chi connectivity index (χ0) is 19.4. The zero-order valence-corrected chi connectivity index (χ0v) is 15.0. The summed E-state index contributed by atoms with van der Waals surface area (Å²) in [7, 11) is 3.02. The second-order valence-electron chi connectivity index (χ2n) is 5.67. The number of hydrogen-bond acceptors (Lipinski definition) is 7. The Morgan fingerprint density at radius 1 is 1.07 bits per heavy atom. The Labute approximate surface area is 155 Å². The van der Waals surface area contributed by atoms with E-state index in [0.717, 1.165) is 0 Å². The molecule has 0 spiro atoms. The number of benzene rings is 2. The van der Waals surface area contributed by atoms with E-state index in [2.05, 4.69) is 10.3 Å². The first-order valence-electron chi connectivity index (χ1n) is 8.08. The van der Waals surface area contributed by atoms with Gasteiger partial charge in [0.05, 0.1) is 19.8 Å². The van der Waals surface area contributed by atoms with Gasteiger partial charge in [-0.2, -0.15) is 0 Å². The van der Waals surface area contributed by atoms with Gasteiger partial charge in [0, 0.05) is 23.9 Å². The molecular weight excluding hydrogens is 352 g/mol. The molecule has 0 saturated carbocycles. The van der Waals surface area contributed by atoms with Crippen LogP contribution in [0.1, 0.15) is 17.3 Å². The molecule has 1 N–H and O–H groups in total. The van der Waals surface area contributed by atoms with E-state index in [4.69, 9.17) is 18.6 Å². The van der Waals surface area contributed by atoms with Gasteiger partial charge in [0.2, 0.25) is 0 Å². The molecule has 0 aliphatic rings. The fourth-order valence-corrected chi connectivity index (χ4v) is 2.39. The van der Waals surface area contributed by atoms with Gasteiger partial charge in [-0.3, -0.25) is 4.79 Å². The number of rotatable bonds is 6. The van der Waals surface area contributed by atoms with Gasteiger partial charge in [-0.05, 0) is 25.1 Å². The summed E-state index contributed by atoms with van der Waals surface area (Å²) in [5.74, 6) is -0.0719. The normalized spacial score (nSPS) is 11.7. The summed E-state index contributed by atoms with van der Waals surface area (Å²) < 4.78 is 20.7. The number of hydrogen-bond donors (Lipinski definition) is 1. The monoisotopic (exact) mass is 370 g/mol. The molecule has 8 heteroatoms.